The van der Waals surface area contributed by atoms with E-state index in [4.69, 9.17) is 4.42 Å². The average Bonchev–Trinajstić information content (AvgIpc) is 3.46. The molecule has 160 valence electrons. The van der Waals surface area contributed by atoms with Gasteiger partial charge in [0.1, 0.15) is 0 Å². The number of aromatic nitrogens is 6. The van der Waals surface area contributed by atoms with Crippen LogP contribution in [0.2, 0.25) is 0 Å². The van der Waals surface area contributed by atoms with Gasteiger partial charge < -0.3 is 4.42 Å². The van der Waals surface area contributed by atoms with Crippen LogP contribution in [0.3, 0.4) is 0 Å². The molecule has 0 aliphatic heterocycles. The van der Waals surface area contributed by atoms with Crippen molar-refractivity contribution < 1.29 is 9.34 Å². The molecule has 0 aliphatic carbocycles. The van der Waals surface area contributed by atoms with Crippen LogP contribution in [0.1, 0.15) is 18.1 Å². The maximum absolute atomic E-state index is 12.6. The third-order valence-electron chi connectivity index (χ3n) is 4.99. The van der Waals surface area contributed by atoms with E-state index in [1.54, 1.807) is 25.2 Å². The molecular formula is C20H15N7O4S. The van der Waals surface area contributed by atoms with Crippen molar-refractivity contribution in [1.82, 2.24) is 29.4 Å². The standard InChI is InChI=1S/C20H15N7O4S/c1-11(16-21-22-17(31-16)12-7-9-13(10-8-12)27(29)30)32-20-24-23-19-25(2)18(28)14-5-3-4-6-15(14)26(19)20/h3-11H,1-2H3. The van der Waals surface area contributed by atoms with Gasteiger partial charge in [-0.3, -0.25) is 23.9 Å². The number of nitrogens with zero attached hydrogens (tertiary/aromatic N) is 7. The minimum absolute atomic E-state index is 0.0160. The zero-order chi connectivity index (χ0) is 22.4. The predicted octanol–water partition coefficient (Wildman–Crippen LogP) is 3.39. The molecule has 0 fully saturated rings. The molecule has 3 heterocycles. The van der Waals surface area contributed by atoms with Crippen molar-refractivity contribution in [2.45, 2.75) is 17.3 Å². The van der Waals surface area contributed by atoms with Crippen LogP contribution in [0.4, 0.5) is 5.69 Å². The SMILES string of the molecule is CC(Sc1nnc2n(C)c(=O)c3ccccc3n12)c1nnc(-c2ccc([N+](=O)[O-])cc2)o1. The van der Waals surface area contributed by atoms with E-state index in [1.165, 1.54) is 28.5 Å². The zero-order valence-electron chi connectivity index (χ0n) is 16.9. The molecule has 2 aromatic carbocycles. The number of rotatable bonds is 5. The lowest BCUT2D eigenvalue weighted by Gasteiger charge is -2.09. The fourth-order valence-corrected chi connectivity index (χ4v) is 4.22. The van der Waals surface area contributed by atoms with E-state index in [-0.39, 0.29) is 22.4 Å². The second-order valence-corrected chi connectivity index (χ2v) is 8.32. The van der Waals surface area contributed by atoms with E-state index in [0.29, 0.717) is 33.3 Å². The van der Waals surface area contributed by atoms with Crippen LogP contribution in [0.5, 0.6) is 0 Å². The van der Waals surface area contributed by atoms with Gasteiger partial charge in [-0.15, -0.1) is 20.4 Å². The molecule has 32 heavy (non-hydrogen) atoms. The predicted molar refractivity (Wildman–Crippen MR) is 116 cm³/mol. The van der Waals surface area contributed by atoms with Crippen molar-refractivity contribution in [3.8, 4) is 11.5 Å². The first kappa shape index (κ1) is 19.9. The third kappa shape index (κ3) is 3.21. The van der Waals surface area contributed by atoms with Gasteiger partial charge in [0.05, 0.1) is 21.1 Å². The monoisotopic (exact) mass is 449 g/mol. The molecule has 0 saturated carbocycles. The molecule has 1 atom stereocenters. The smallest absolute Gasteiger partial charge is 0.269 e. The summed E-state index contributed by atoms with van der Waals surface area (Å²) in [6, 6.07) is 13.2. The Morgan fingerprint density at radius 1 is 1.06 bits per heavy atom. The molecule has 0 radical (unpaired) electrons. The van der Waals surface area contributed by atoms with Crippen molar-refractivity contribution in [1.29, 1.82) is 0 Å². The summed E-state index contributed by atoms with van der Waals surface area (Å²) < 4.78 is 9.08. The minimum atomic E-state index is -0.468. The lowest BCUT2D eigenvalue weighted by Crippen LogP contribution is -2.20. The molecule has 0 aliphatic rings. The zero-order valence-corrected chi connectivity index (χ0v) is 17.7. The first-order chi connectivity index (χ1) is 15.4. The van der Waals surface area contributed by atoms with E-state index >= 15 is 0 Å². The van der Waals surface area contributed by atoms with Crippen LogP contribution in [0.25, 0.3) is 28.1 Å². The largest absolute Gasteiger partial charge is 0.419 e. The molecule has 3 aromatic heterocycles. The molecule has 0 amide bonds. The van der Waals surface area contributed by atoms with Crippen molar-refractivity contribution in [3.05, 3.63) is 74.9 Å². The van der Waals surface area contributed by atoms with Crippen LogP contribution >= 0.6 is 11.8 Å². The van der Waals surface area contributed by atoms with E-state index in [0.717, 1.165) is 0 Å². The van der Waals surface area contributed by atoms with Gasteiger partial charge >= 0.3 is 0 Å². The molecule has 12 heteroatoms. The van der Waals surface area contributed by atoms with Crippen LogP contribution < -0.4 is 5.56 Å². The Bertz CT molecular complexity index is 1540. The maximum atomic E-state index is 12.6. The third-order valence-corrected chi connectivity index (χ3v) is 6.02. The summed E-state index contributed by atoms with van der Waals surface area (Å²) in [6.07, 6.45) is 0. The number of benzene rings is 2. The highest BCUT2D eigenvalue weighted by Gasteiger charge is 2.21. The quantitative estimate of drug-likeness (QED) is 0.225. The first-order valence-electron chi connectivity index (χ1n) is 9.52. The highest BCUT2D eigenvalue weighted by Crippen LogP contribution is 2.35. The summed E-state index contributed by atoms with van der Waals surface area (Å²) in [5, 5.41) is 28.3. The van der Waals surface area contributed by atoms with Crippen molar-refractivity contribution >= 4 is 34.1 Å². The van der Waals surface area contributed by atoms with Crippen LogP contribution in [-0.2, 0) is 7.05 Å². The van der Waals surface area contributed by atoms with Gasteiger partial charge in [0.2, 0.25) is 17.6 Å². The number of fused-ring (bicyclic) bond motifs is 3. The lowest BCUT2D eigenvalue weighted by atomic mass is 10.2. The molecule has 0 spiro atoms. The van der Waals surface area contributed by atoms with Gasteiger partial charge in [-0.2, -0.15) is 0 Å². The number of non-ortho nitro benzene ring substituents is 1. The van der Waals surface area contributed by atoms with E-state index < -0.39 is 4.92 Å². The molecule has 0 N–H and O–H groups in total. The van der Waals surface area contributed by atoms with Crippen molar-refractivity contribution in [2.24, 2.45) is 7.05 Å². The Morgan fingerprint density at radius 2 is 1.81 bits per heavy atom. The Hall–Kier alpha value is -4.06. The second kappa shape index (κ2) is 7.57. The summed E-state index contributed by atoms with van der Waals surface area (Å²) in [7, 11) is 1.66. The maximum Gasteiger partial charge on any atom is 0.269 e. The number of hydrogen-bond acceptors (Lipinski definition) is 9. The topological polar surface area (TPSA) is 134 Å². The fraction of sp³-hybridized carbons (Fsp3) is 0.150. The van der Waals surface area contributed by atoms with Crippen LogP contribution in [-0.4, -0.2) is 34.3 Å². The fourth-order valence-electron chi connectivity index (χ4n) is 3.34. The van der Waals surface area contributed by atoms with Crippen LogP contribution in [0, 0.1) is 10.1 Å². The number of nitro groups is 1. The normalized spacial score (nSPS) is 12.4. The number of para-hydroxylation sites is 1. The summed E-state index contributed by atoms with van der Waals surface area (Å²) in [5.74, 6) is 1.07. The van der Waals surface area contributed by atoms with Crippen molar-refractivity contribution in [3.63, 3.8) is 0 Å². The Balaban J connectivity index is 1.48. The number of aryl methyl sites for hydroxylation is 1. The van der Waals surface area contributed by atoms with Gasteiger partial charge in [-0.25, -0.2) is 0 Å². The minimum Gasteiger partial charge on any atom is -0.419 e. The average molecular weight is 449 g/mol. The van der Waals surface area contributed by atoms with Gasteiger partial charge in [0, 0.05) is 24.7 Å². The van der Waals surface area contributed by atoms with Gasteiger partial charge in [0.25, 0.3) is 11.2 Å². The highest BCUT2D eigenvalue weighted by molar-refractivity contribution is 7.99. The van der Waals surface area contributed by atoms with Gasteiger partial charge in [-0.05, 0) is 31.2 Å². The Kier molecular flexibility index (Phi) is 4.70. The summed E-state index contributed by atoms with van der Waals surface area (Å²) in [4.78, 5) is 23.0. The highest BCUT2D eigenvalue weighted by atomic mass is 32.2. The van der Waals surface area contributed by atoms with Crippen molar-refractivity contribution in [2.75, 3.05) is 0 Å². The molecule has 0 saturated heterocycles. The molecular weight excluding hydrogens is 434 g/mol. The van der Waals surface area contributed by atoms with E-state index in [2.05, 4.69) is 20.4 Å². The Labute approximate surface area is 183 Å². The molecule has 5 aromatic rings. The second-order valence-electron chi connectivity index (χ2n) is 7.01. The first-order valence-corrected chi connectivity index (χ1v) is 10.4. The number of nitro benzene ring substituents is 1. The summed E-state index contributed by atoms with van der Waals surface area (Å²) in [5.41, 5.74) is 1.13. The molecule has 1 unspecified atom stereocenters. The Morgan fingerprint density at radius 3 is 2.56 bits per heavy atom. The molecule has 5 rings (SSSR count). The number of hydrogen-bond donors (Lipinski definition) is 0. The van der Waals surface area contributed by atoms with Crippen LogP contribution in [0.15, 0.2) is 62.9 Å². The summed E-state index contributed by atoms with van der Waals surface area (Å²) >= 11 is 1.37. The summed E-state index contributed by atoms with van der Waals surface area (Å²) in [6.45, 7) is 1.89. The molecule has 0 bridgehead atoms. The van der Waals surface area contributed by atoms with E-state index in [9.17, 15) is 14.9 Å². The van der Waals surface area contributed by atoms with E-state index in [1.807, 2.05) is 29.5 Å². The van der Waals surface area contributed by atoms with Gasteiger partial charge in [0.15, 0.2) is 5.16 Å². The lowest BCUT2D eigenvalue weighted by molar-refractivity contribution is -0.384. The number of thioether (sulfide) groups is 1. The van der Waals surface area contributed by atoms with Gasteiger partial charge in [-0.1, -0.05) is 23.9 Å². The molecule has 11 nitrogen and oxygen atoms in total.